The molecule has 1 N–H and O–H groups in total. The lowest BCUT2D eigenvalue weighted by Gasteiger charge is -2.09. The van der Waals surface area contributed by atoms with Crippen LogP contribution in [0.25, 0.3) is 16.9 Å². The molecule has 2 aromatic carbocycles. The molecule has 2 heterocycles. The van der Waals surface area contributed by atoms with E-state index in [0.717, 1.165) is 28.2 Å². The molecule has 0 unspecified atom stereocenters. The lowest BCUT2D eigenvalue weighted by molar-refractivity contribution is -0.115. The minimum atomic E-state index is -0.133. The van der Waals surface area contributed by atoms with Crippen LogP contribution in [0.15, 0.2) is 60.8 Å². The molecule has 0 saturated carbocycles. The number of hydrogen-bond donors (Lipinski definition) is 1. The van der Waals surface area contributed by atoms with Gasteiger partial charge in [0.2, 0.25) is 5.91 Å². The number of benzene rings is 2. The number of carbonyl (C=O) groups excluding carboxylic acids is 1. The van der Waals surface area contributed by atoms with Gasteiger partial charge < -0.3 is 9.72 Å². The number of nitrogens with one attached hydrogen (secondary N) is 1. The number of para-hydroxylation sites is 1. The average Bonchev–Trinajstić information content (AvgIpc) is 3.06. The van der Waals surface area contributed by atoms with Gasteiger partial charge in [-0.1, -0.05) is 41.9 Å². The Hall–Kier alpha value is -3.11. The van der Waals surface area contributed by atoms with Crippen molar-refractivity contribution in [2.45, 2.75) is 27.2 Å². The second kappa shape index (κ2) is 7.72. The summed E-state index contributed by atoms with van der Waals surface area (Å²) in [4.78, 5) is 17.7. The number of hydrogen-bond acceptors (Lipinski definition) is 2. The molecule has 0 aliphatic heterocycles. The third kappa shape index (κ3) is 3.76. The summed E-state index contributed by atoms with van der Waals surface area (Å²) in [7, 11) is 0. The smallest absolute Gasteiger partial charge is 0.230 e. The van der Waals surface area contributed by atoms with Crippen molar-refractivity contribution < 1.29 is 4.79 Å². The van der Waals surface area contributed by atoms with Gasteiger partial charge in [-0.2, -0.15) is 0 Å². The van der Waals surface area contributed by atoms with E-state index < -0.39 is 0 Å². The summed E-state index contributed by atoms with van der Waals surface area (Å²) in [6.07, 6.45) is 2.15. The zero-order chi connectivity index (χ0) is 20.5. The number of anilines is 1. The van der Waals surface area contributed by atoms with Gasteiger partial charge in [0.05, 0.1) is 28.5 Å². The van der Waals surface area contributed by atoms with Crippen molar-refractivity contribution in [1.29, 1.82) is 0 Å². The second-order valence-electron chi connectivity index (χ2n) is 7.30. The van der Waals surface area contributed by atoms with E-state index in [1.165, 1.54) is 11.1 Å². The van der Waals surface area contributed by atoms with E-state index in [-0.39, 0.29) is 12.3 Å². The van der Waals surface area contributed by atoms with E-state index in [2.05, 4.69) is 37.4 Å². The van der Waals surface area contributed by atoms with Crippen molar-refractivity contribution in [1.82, 2.24) is 9.38 Å². The second-order valence-corrected chi connectivity index (χ2v) is 7.70. The highest BCUT2D eigenvalue weighted by atomic mass is 35.5. The molecular formula is C24H22ClN3O. The molecular weight excluding hydrogens is 382 g/mol. The number of pyridine rings is 1. The summed E-state index contributed by atoms with van der Waals surface area (Å²) < 4.78 is 2.01. The van der Waals surface area contributed by atoms with Crippen molar-refractivity contribution in [3.8, 4) is 11.3 Å². The third-order valence-corrected chi connectivity index (χ3v) is 5.53. The Morgan fingerprint density at radius 3 is 2.55 bits per heavy atom. The molecule has 0 fully saturated rings. The summed E-state index contributed by atoms with van der Waals surface area (Å²) in [5, 5.41) is 3.43. The van der Waals surface area contributed by atoms with Crippen LogP contribution in [-0.4, -0.2) is 15.3 Å². The van der Waals surface area contributed by atoms with Crippen LogP contribution in [0.5, 0.6) is 0 Å². The zero-order valence-electron chi connectivity index (χ0n) is 16.7. The highest BCUT2D eigenvalue weighted by Gasteiger charge is 2.19. The summed E-state index contributed by atoms with van der Waals surface area (Å²) in [5.41, 5.74) is 7.66. The van der Waals surface area contributed by atoms with Crippen molar-refractivity contribution in [3.05, 3.63) is 88.2 Å². The van der Waals surface area contributed by atoms with Crippen molar-refractivity contribution in [3.63, 3.8) is 0 Å². The average molecular weight is 404 g/mol. The van der Waals surface area contributed by atoms with Gasteiger partial charge in [-0.25, -0.2) is 4.98 Å². The first-order chi connectivity index (χ1) is 13.9. The van der Waals surface area contributed by atoms with Gasteiger partial charge in [0.15, 0.2) is 0 Å². The molecule has 0 saturated heterocycles. The van der Waals surface area contributed by atoms with Crippen LogP contribution < -0.4 is 5.32 Å². The van der Waals surface area contributed by atoms with E-state index in [9.17, 15) is 4.79 Å². The summed E-state index contributed by atoms with van der Waals surface area (Å²) in [6.45, 7) is 6.20. The molecule has 29 heavy (non-hydrogen) atoms. The number of rotatable bonds is 4. The minimum Gasteiger partial charge on any atom is -0.324 e. The molecule has 2 aromatic heterocycles. The largest absolute Gasteiger partial charge is 0.324 e. The van der Waals surface area contributed by atoms with Gasteiger partial charge in [-0.05, 0) is 61.7 Å². The molecule has 4 aromatic rings. The van der Waals surface area contributed by atoms with E-state index in [1.807, 2.05) is 41.8 Å². The van der Waals surface area contributed by atoms with Crippen LogP contribution in [-0.2, 0) is 11.2 Å². The predicted molar refractivity (Wildman–Crippen MR) is 119 cm³/mol. The topological polar surface area (TPSA) is 46.4 Å². The minimum absolute atomic E-state index is 0.133. The molecule has 1 amide bonds. The predicted octanol–water partition coefficient (Wildman–Crippen LogP) is 5.76. The molecule has 0 bridgehead atoms. The molecule has 0 aliphatic carbocycles. The van der Waals surface area contributed by atoms with Crippen LogP contribution in [0.4, 0.5) is 5.69 Å². The van der Waals surface area contributed by atoms with Crippen LogP contribution in [0.3, 0.4) is 0 Å². The van der Waals surface area contributed by atoms with E-state index in [1.54, 1.807) is 12.1 Å². The van der Waals surface area contributed by atoms with Gasteiger partial charge in [0, 0.05) is 11.8 Å². The molecule has 0 aliphatic rings. The number of aromatic nitrogens is 2. The summed E-state index contributed by atoms with van der Waals surface area (Å²) in [6, 6.07) is 17.5. The normalized spacial score (nSPS) is 11.0. The monoisotopic (exact) mass is 403 g/mol. The highest BCUT2D eigenvalue weighted by Crippen LogP contribution is 2.28. The molecule has 146 valence electrons. The molecule has 0 radical (unpaired) electrons. The number of nitrogens with zero attached hydrogens (tertiary/aromatic N) is 2. The van der Waals surface area contributed by atoms with Crippen LogP contribution in [0, 0.1) is 20.8 Å². The van der Waals surface area contributed by atoms with Crippen LogP contribution in [0.1, 0.15) is 22.4 Å². The van der Waals surface area contributed by atoms with Crippen LogP contribution >= 0.6 is 11.6 Å². The summed E-state index contributed by atoms with van der Waals surface area (Å²) in [5.74, 6) is -0.133. The maximum absolute atomic E-state index is 12.9. The zero-order valence-corrected chi connectivity index (χ0v) is 17.4. The Balaban J connectivity index is 1.77. The lowest BCUT2D eigenvalue weighted by Crippen LogP contribution is -2.16. The van der Waals surface area contributed by atoms with Crippen molar-refractivity contribution >= 4 is 28.8 Å². The third-order valence-electron chi connectivity index (χ3n) is 5.20. The van der Waals surface area contributed by atoms with E-state index in [4.69, 9.17) is 16.6 Å². The maximum atomic E-state index is 12.9. The standard InChI is InChI=1S/C24H22ClN3O/c1-15-10-11-18(13-17(15)3)23-21(28-12-6-7-16(2)24(28)27-23)14-22(29)26-20-9-5-4-8-19(20)25/h4-13H,14H2,1-3H3,(H,26,29). The number of amides is 1. The van der Waals surface area contributed by atoms with Crippen LogP contribution in [0.2, 0.25) is 5.02 Å². The van der Waals surface area contributed by atoms with Gasteiger partial charge in [0.1, 0.15) is 5.65 Å². The highest BCUT2D eigenvalue weighted by molar-refractivity contribution is 6.33. The first-order valence-corrected chi connectivity index (χ1v) is 9.90. The maximum Gasteiger partial charge on any atom is 0.230 e. The number of imidazole rings is 1. The number of halogens is 1. The first kappa shape index (κ1) is 19.2. The SMILES string of the molecule is Cc1ccc(-c2nc3c(C)cccn3c2CC(=O)Nc2ccccc2Cl)cc1C. The number of carbonyl (C=O) groups is 1. The van der Waals surface area contributed by atoms with Gasteiger partial charge in [-0.15, -0.1) is 0 Å². The van der Waals surface area contributed by atoms with Crippen molar-refractivity contribution in [2.24, 2.45) is 0 Å². The summed E-state index contributed by atoms with van der Waals surface area (Å²) >= 11 is 6.19. The molecule has 5 heteroatoms. The Morgan fingerprint density at radius 1 is 1.00 bits per heavy atom. The Morgan fingerprint density at radius 2 is 1.79 bits per heavy atom. The van der Waals surface area contributed by atoms with Crippen molar-refractivity contribution in [2.75, 3.05) is 5.32 Å². The molecule has 4 nitrogen and oxygen atoms in total. The lowest BCUT2D eigenvalue weighted by atomic mass is 10.0. The fraction of sp³-hybridized carbons (Fsp3) is 0.167. The quantitative estimate of drug-likeness (QED) is 0.470. The number of aryl methyl sites for hydroxylation is 3. The molecule has 0 spiro atoms. The Kier molecular flexibility index (Phi) is 5.12. The molecule has 4 rings (SSSR count). The van der Waals surface area contributed by atoms with Gasteiger partial charge in [0.25, 0.3) is 0 Å². The first-order valence-electron chi connectivity index (χ1n) is 9.52. The number of fused-ring (bicyclic) bond motifs is 1. The van der Waals surface area contributed by atoms with Gasteiger partial charge in [-0.3, -0.25) is 4.79 Å². The van der Waals surface area contributed by atoms with E-state index >= 15 is 0 Å². The fourth-order valence-corrected chi connectivity index (χ4v) is 3.63. The molecule has 0 atom stereocenters. The van der Waals surface area contributed by atoms with Gasteiger partial charge >= 0.3 is 0 Å². The Bertz CT molecular complexity index is 1230. The van der Waals surface area contributed by atoms with E-state index in [0.29, 0.717) is 10.7 Å². The fourth-order valence-electron chi connectivity index (χ4n) is 3.45. The Labute approximate surface area is 175 Å².